The van der Waals surface area contributed by atoms with E-state index in [0.717, 1.165) is 50.6 Å². The lowest BCUT2D eigenvalue weighted by Gasteiger charge is -2.34. The Morgan fingerprint density at radius 2 is 1.52 bits per heavy atom. The molecule has 0 spiro atoms. The number of fused-ring (bicyclic) bond motifs is 2. The second-order valence-corrected chi connectivity index (χ2v) is 16.4. The number of piperazine rings is 1. The van der Waals surface area contributed by atoms with Crippen LogP contribution in [0.15, 0.2) is 48.7 Å². The second-order valence-electron chi connectivity index (χ2n) is 15.6. The zero-order chi connectivity index (χ0) is 46.6. The Balaban J connectivity index is 0.732. The lowest BCUT2D eigenvalue weighted by Crippen LogP contribution is -2.54. The van der Waals surface area contributed by atoms with Crippen molar-refractivity contribution in [2.45, 2.75) is 25.3 Å². The van der Waals surface area contributed by atoms with Crippen molar-refractivity contribution in [3.63, 3.8) is 0 Å². The molecule has 4 aromatic rings. The van der Waals surface area contributed by atoms with Gasteiger partial charge in [-0.25, -0.2) is 0 Å². The fraction of sp³-hybridized carbons (Fsp3) is 0.435. The number of nitrogens with one attached hydrogen (secondary N) is 3. The highest BCUT2D eigenvalue weighted by atomic mass is 35.5. The average Bonchev–Trinajstić information content (AvgIpc) is 3.57. The number of halogens is 2. The summed E-state index contributed by atoms with van der Waals surface area (Å²) in [4.78, 5) is 60.5. The van der Waals surface area contributed by atoms with Crippen LogP contribution in [0.1, 0.15) is 45.5 Å². The van der Waals surface area contributed by atoms with E-state index >= 15 is 0 Å². The number of carbonyl (C=O) groups is 4. The van der Waals surface area contributed by atoms with E-state index < -0.39 is 29.7 Å². The third kappa shape index (κ3) is 11.6. The Labute approximate surface area is 392 Å². The molecule has 7 rings (SSSR count). The van der Waals surface area contributed by atoms with Crippen LogP contribution in [-0.2, 0) is 23.8 Å². The van der Waals surface area contributed by atoms with Gasteiger partial charge >= 0.3 is 0 Å². The van der Waals surface area contributed by atoms with Gasteiger partial charge in [-0.1, -0.05) is 29.3 Å². The standard InChI is InChI=1S/C46H52Cl2N8O10/c1-61-38-26-36(32(47)24-33(38)48)52-43-29(27-49)28-51-35-25-40(39(62-2)23-31(35)43)66-16-4-10-54-11-13-55(14-12-54)15-18-64-20-22-65-21-19-63-17-9-50-34-6-3-5-30-42(34)46(60)56(45(30)59)37-7-8-41(57)53-44(37)58/h3,5-6,23-26,28,37,50H,4,7-22H2,1-2H3,(H,51,52)(H,53,57,58). The summed E-state index contributed by atoms with van der Waals surface area (Å²) < 4.78 is 34.4. The van der Waals surface area contributed by atoms with E-state index in [-0.39, 0.29) is 24.0 Å². The topological polar surface area (TPSA) is 206 Å². The molecule has 2 fully saturated rings. The summed E-state index contributed by atoms with van der Waals surface area (Å²) in [5.74, 6) is -0.663. The predicted octanol–water partition coefficient (Wildman–Crippen LogP) is 5.12. The highest BCUT2D eigenvalue weighted by molar-refractivity contribution is 6.37. The fourth-order valence-electron chi connectivity index (χ4n) is 7.97. The van der Waals surface area contributed by atoms with Crippen molar-refractivity contribution in [1.82, 2.24) is 25.0 Å². The van der Waals surface area contributed by atoms with E-state index in [1.54, 1.807) is 43.5 Å². The van der Waals surface area contributed by atoms with Gasteiger partial charge in [-0.15, -0.1) is 0 Å². The molecule has 0 aliphatic carbocycles. The van der Waals surface area contributed by atoms with Gasteiger partial charge in [0.1, 0.15) is 17.9 Å². The maximum absolute atomic E-state index is 13.2. The molecule has 3 aromatic carbocycles. The van der Waals surface area contributed by atoms with Gasteiger partial charge in [0, 0.05) is 81.6 Å². The quantitative estimate of drug-likeness (QED) is 0.0652. The van der Waals surface area contributed by atoms with Gasteiger partial charge in [0.25, 0.3) is 11.8 Å². The molecule has 0 radical (unpaired) electrons. The highest BCUT2D eigenvalue weighted by Gasteiger charge is 2.45. The first-order chi connectivity index (χ1) is 32.1. The first-order valence-electron chi connectivity index (χ1n) is 21.7. The number of aromatic nitrogens is 1. The number of benzene rings is 3. The Hall–Kier alpha value is -5.78. The SMILES string of the molecule is COc1cc(Nc2c(C#N)cnc3cc(OCCCN4CCN(CCOCCOCCOCCNc5cccc6c5C(=O)N(C5CCC(=O)NC5=O)C6=O)CC4)c(OC)cc23)c(Cl)cc1Cl. The zero-order valence-corrected chi connectivity index (χ0v) is 38.3. The molecule has 3 aliphatic rings. The summed E-state index contributed by atoms with van der Waals surface area (Å²) >= 11 is 12.7. The number of amides is 4. The molecule has 20 heteroatoms. The maximum Gasteiger partial charge on any atom is 0.264 e. The van der Waals surface area contributed by atoms with Crippen LogP contribution in [0.4, 0.5) is 17.1 Å². The van der Waals surface area contributed by atoms with Gasteiger partial charge in [0.2, 0.25) is 11.8 Å². The second kappa shape index (κ2) is 23.1. The molecule has 1 atom stereocenters. The van der Waals surface area contributed by atoms with Crippen LogP contribution >= 0.6 is 23.2 Å². The van der Waals surface area contributed by atoms with Crippen molar-refractivity contribution >= 4 is 74.8 Å². The van der Waals surface area contributed by atoms with Crippen LogP contribution in [0.3, 0.4) is 0 Å². The minimum atomic E-state index is -1.02. The number of rotatable bonds is 23. The van der Waals surface area contributed by atoms with Crippen LogP contribution < -0.4 is 30.2 Å². The van der Waals surface area contributed by atoms with Crippen LogP contribution in [-0.4, -0.2) is 156 Å². The fourth-order valence-corrected chi connectivity index (χ4v) is 8.48. The minimum absolute atomic E-state index is 0.0619. The summed E-state index contributed by atoms with van der Waals surface area (Å²) in [5.41, 5.74) is 2.88. The third-order valence-corrected chi connectivity index (χ3v) is 12.1. The first kappa shape index (κ1) is 48.2. The number of nitriles is 1. The number of anilines is 3. The van der Waals surface area contributed by atoms with Crippen molar-refractivity contribution in [3.05, 3.63) is 75.4 Å². The summed E-state index contributed by atoms with van der Waals surface area (Å²) in [6.07, 6.45) is 2.49. The molecule has 66 heavy (non-hydrogen) atoms. The van der Waals surface area contributed by atoms with Crippen LogP contribution in [0.25, 0.3) is 10.9 Å². The average molecular weight is 948 g/mol. The maximum atomic E-state index is 13.2. The van der Waals surface area contributed by atoms with Crippen LogP contribution in [0, 0.1) is 11.3 Å². The Bertz CT molecular complexity index is 2460. The van der Waals surface area contributed by atoms with E-state index in [0.29, 0.717) is 114 Å². The highest BCUT2D eigenvalue weighted by Crippen LogP contribution is 2.41. The Kier molecular flexibility index (Phi) is 16.9. The number of methoxy groups -OCH3 is 2. The van der Waals surface area contributed by atoms with E-state index in [4.69, 9.17) is 51.6 Å². The van der Waals surface area contributed by atoms with Gasteiger partial charge in [0.15, 0.2) is 11.5 Å². The number of ether oxygens (including phenoxy) is 6. The lowest BCUT2D eigenvalue weighted by atomic mass is 10.0. The summed E-state index contributed by atoms with van der Waals surface area (Å²) in [5, 5.41) is 19.9. The Morgan fingerprint density at radius 1 is 0.803 bits per heavy atom. The number of carbonyl (C=O) groups excluding carboxylic acids is 4. The zero-order valence-electron chi connectivity index (χ0n) is 36.8. The van der Waals surface area contributed by atoms with Gasteiger partial charge < -0.3 is 44.0 Å². The summed E-state index contributed by atoms with van der Waals surface area (Å²) in [6.45, 7) is 9.09. The number of hydrogen-bond donors (Lipinski definition) is 3. The molecule has 1 unspecified atom stereocenters. The molecule has 3 N–H and O–H groups in total. The van der Waals surface area contributed by atoms with Crippen molar-refractivity contribution < 1.29 is 47.6 Å². The molecule has 1 aromatic heterocycles. The smallest absolute Gasteiger partial charge is 0.264 e. The van der Waals surface area contributed by atoms with E-state index in [1.165, 1.54) is 13.3 Å². The van der Waals surface area contributed by atoms with Gasteiger partial charge in [0.05, 0.1) is 104 Å². The molecule has 0 bridgehead atoms. The number of hydrogen-bond acceptors (Lipinski definition) is 16. The summed E-state index contributed by atoms with van der Waals surface area (Å²) in [7, 11) is 3.09. The number of imide groups is 2. The number of nitrogens with zero attached hydrogens (tertiary/aromatic N) is 5. The normalized spacial score (nSPS) is 16.6. The molecule has 2 saturated heterocycles. The van der Waals surface area contributed by atoms with Crippen LogP contribution in [0.2, 0.25) is 10.0 Å². The molecular weight excluding hydrogens is 895 g/mol. The molecule has 4 heterocycles. The summed E-state index contributed by atoms with van der Waals surface area (Å²) in [6, 6.07) is 13.0. The molecule has 3 aliphatic heterocycles. The molecular formula is C46H52Cl2N8O10. The molecule has 4 amide bonds. The largest absolute Gasteiger partial charge is 0.495 e. The van der Waals surface area contributed by atoms with Gasteiger partial charge in [-0.2, -0.15) is 5.26 Å². The van der Waals surface area contributed by atoms with Crippen molar-refractivity contribution in [2.24, 2.45) is 0 Å². The van der Waals surface area contributed by atoms with Gasteiger partial charge in [-0.3, -0.25) is 39.3 Å². The van der Waals surface area contributed by atoms with Crippen molar-refractivity contribution in [1.29, 1.82) is 5.26 Å². The van der Waals surface area contributed by atoms with Crippen molar-refractivity contribution in [2.75, 3.05) is 117 Å². The molecule has 350 valence electrons. The van der Waals surface area contributed by atoms with Crippen molar-refractivity contribution in [3.8, 4) is 23.3 Å². The van der Waals surface area contributed by atoms with E-state index in [9.17, 15) is 24.4 Å². The molecule has 18 nitrogen and oxygen atoms in total. The number of piperidine rings is 1. The number of pyridine rings is 1. The third-order valence-electron chi connectivity index (χ3n) is 11.4. The lowest BCUT2D eigenvalue weighted by molar-refractivity contribution is -0.136. The Morgan fingerprint density at radius 3 is 2.23 bits per heavy atom. The first-order valence-corrected chi connectivity index (χ1v) is 22.5. The predicted molar refractivity (Wildman–Crippen MR) is 246 cm³/mol. The van der Waals surface area contributed by atoms with E-state index in [2.05, 4.69) is 36.8 Å². The molecule has 0 saturated carbocycles. The van der Waals surface area contributed by atoms with Crippen LogP contribution in [0.5, 0.6) is 17.2 Å². The van der Waals surface area contributed by atoms with E-state index in [1.807, 2.05) is 6.07 Å². The van der Waals surface area contributed by atoms with Gasteiger partial charge in [-0.05, 0) is 37.1 Å². The monoisotopic (exact) mass is 946 g/mol. The minimum Gasteiger partial charge on any atom is -0.495 e.